The van der Waals surface area contributed by atoms with Crippen LogP contribution < -0.4 is 9.44 Å². The topological polar surface area (TPSA) is 67.4 Å². The summed E-state index contributed by atoms with van der Waals surface area (Å²) >= 11 is 3.27. The van der Waals surface area contributed by atoms with E-state index in [2.05, 4.69) is 25.4 Å². The Morgan fingerprint density at radius 3 is 2.50 bits per heavy atom. The van der Waals surface area contributed by atoms with Crippen LogP contribution in [0.2, 0.25) is 0 Å². The van der Waals surface area contributed by atoms with Crippen LogP contribution in [-0.4, -0.2) is 28.7 Å². The van der Waals surface area contributed by atoms with E-state index in [1.54, 1.807) is 24.3 Å². The average molecular weight is 309 g/mol. The van der Waals surface area contributed by atoms with E-state index in [4.69, 9.17) is 4.74 Å². The zero-order chi connectivity index (χ0) is 12.0. The van der Waals surface area contributed by atoms with Crippen molar-refractivity contribution < 1.29 is 13.2 Å². The first-order chi connectivity index (χ1) is 7.53. The summed E-state index contributed by atoms with van der Waals surface area (Å²) in [5.41, 5.74) is 0.508. The number of anilines is 1. The first-order valence-corrected chi connectivity index (χ1v) is 6.83. The number of methoxy groups -OCH3 is 1. The van der Waals surface area contributed by atoms with Crippen molar-refractivity contribution in [2.24, 2.45) is 0 Å². The van der Waals surface area contributed by atoms with Gasteiger partial charge in [0.25, 0.3) is 10.2 Å². The molecule has 0 unspecified atom stereocenters. The van der Waals surface area contributed by atoms with Gasteiger partial charge in [-0.1, -0.05) is 15.9 Å². The quantitative estimate of drug-likeness (QED) is 0.779. The molecule has 0 saturated heterocycles. The second-order valence-corrected chi connectivity index (χ2v) is 5.41. The van der Waals surface area contributed by atoms with Crippen LogP contribution in [0, 0.1) is 0 Å². The summed E-state index contributed by atoms with van der Waals surface area (Å²) < 4.78 is 33.3. The predicted octanol–water partition coefficient (Wildman–Crippen LogP) is 1.34. The highest BCUT2D eigenvalue weighted by molar-refractivity contribution is 9.10. The largest absolute Gasteiger partial charge is 0.383 e. The van der Waals surface area contributed by atoms with E-state index < -0.39 is 10.2 Å². The minimum absolute atomic E-state index is 0.238. The first kappa shape index (κ1) is 13.4. The highest BCUT2D eigenvalue weighted by Crippen LogP contribution is 2.14. The van der Waals surface area contributed by atoms with Crippen molar-refractivity contribution >= 4 is 31.8 Å². The van der Waals surface area contributed by atoms with Gasteiger partial charge in [-0.2, -0.15) is 13.1 Å². The lowest BCUT2D eigenvalue weighted by molar-refractivity contribution is 0.204. The molecule has 0 atom stereocenters. The highest BCUT2D eigenvalue weighted by Gasteiger charge is 2.08. The van der Waals surface area contributed by atoms with Gasteiger partial charge in [-0.15, -0.1) is 0 Å². The van der Waals surface area contributed by atoms with Gasteiger partial charge in [-0.25, -0.2) is 0 Å². The van der Waals surface area contributed by atoms with Crippen molar-refractivity contribution in [2.45, 2.75) is 0 Å². The molecule has 5 nitrogen and oxygen atoms in total. The van der Waals surface area contributed by atoms with Crippen molar-refractivity contribution in [1.82, 2.24) is 4.72 Å². The zero-order valence-corrected chi connectivity index (χ0v) is 11.1. The highest BCUT2D eigenvalue weighted by atomic mass is 79.9. The summed E-state index contributed by atoms with van der Waals surface area (Å²) in [5.74, 6) is 0. The maximum atomic E-state index is 11.5. The second kappa shape index (κ2) is 6.19. The molecule has 0 spiro atoms. The van der Waals surface area contributed by atoms with Crippen LogP contribution in [0.25, 0.3) is 0 Å². The van der Waals surface area contributed by atoms with E-state index in [1.807, 2.05) is 0 Å². The molecule has 0 aliphatic heterocycles. The van der Waals surface area contributed by atoms with E-state index >= 15 is 0 Å². The Morgan fingerprint density at radius 1 is 1.31 bits per heavy atom. The van der Waals surface area contributed by atoms with E-state index in [9.17, 15) is 8.42 Å². The Hall–Kier alpha value is -0.630. The van der Waals surface area contributed by atoms with Crippen LogP contribution in [0.1, 0.15) is 0 Å². The van der Waals surface area contributed by atoms with E-state index in [1.165, 1.54) is 7.11 Å². The lowest BCUT2D eigenvalue weighted by atomic mass is 10.3. The number of hydrogen-bond acceptors (Lipinski definition) is 3. The van der Waals surface area contributed by atoms with Gasteiger partial charge in [0.05, 0.1) is 6.61 Å². The molecule has 90 valence electrons. The van der Waals surface area contributed by atoms with E-state index in [-0.39, 0.29) is 6.54 Å². The lowest BCUT2D eigenvalue weighted by Gasteiger charge is -2.08. The summed E-state index contributed by atoms with van der Waals surface area (Å²) in [5, 5.41) is 0. The van der Waals surface area contributed by atoms with Crippen LogP contribution in [0.3, 0.4) is 0 Å². The molecule has 2 N–H and O–H groups in total. The third-order valence-electron chi connectivity index (χ3n) is 1.69. The summed E-state index contributed by atoms with van der Waals surface area (Å²) in [7, 11) is -2.00. The molecule has 0 radical (unpaired) electrons. The van der Waals surface area contributed by atoms with E-state index in [0.29, 0.717) is 12.3 Å². The van der Waals surface area contributed by atoms with Gasteiger partial charge >= 0.3 is 0 Å². The van der Waals surface area contributed by atoms with Gasteiger partial charge in [-0.05, 0) is 24.3 Å². The fourth-order valence-electron chi connectivity index (χ4n) is 0.987. The van der Waals surface area contributed by atoms with Gasteiger partial charge in [0.1, 0.15) is 0 Å². The number of ether oxygens (including phenoxy) is 1. The smallest absolute Gasteiger partial charge is 0.299 e. The molecule has 16 heavy (non-hydrogen) atoms. The lowest BCUT2D eigenvalue weighted by Crippen LogP contribution is -2.32. The Kier molecular flexibility index (Phi) is 5.20. The third kappa shape index (κ3) is 4.93. The van der Waals surface area contributed by atoms with Crippen LogP contribution in [0.15, 0.2) is 28.7 Å². The van der Waals surface area contributed by atoms with Crippen molar-refractivity contribution in [3.05, 3.63) is 28.7 Å². The first-order valence-electron chi connectivity index (χ1n) is 4.55. The number of hydrogen-bond donors (Lipinski definition) is 2. The average Bonchev–Trinajstić information content (AvgIpc) is 2.21. The summed E-state index contributed by atoms with van der Waals surface area (Å²) in [4.78, 5) is 0. The molecule has 0 amide bonds. The molecule has 1 rings (SSSR count). The van der Waals surface area contributed by atoms with Gasteiger partial charge in [0.15, 0.2) is 0 Å². The molecule has 1 aromatic carbocycles. The molecule has 0 fully saturated rings. The summed E-state index contributed by atoms with van der Waals surface area (Å²) in [6, 6.07) is 6.85. The van der Waals surface area contributed by atoms with Crippen molar-refractivity contribution in [3.63, 3.8) is 0 Å². The van der Waals surface area contributed by atoms with Gasteiger partial charge in [-0.3, -0.25) is 4.72 Å². The molecular formula is C9H13BrN2O3S. The Bertz CT molecular complexity index is 419. The van der Waals surface area contributed by atoms with Crippen molar-refractivity contribution in [1.29, 1.82) is 0 Å². The molecule has 7 heteroatoms. The predicted molar refractivity (Wildman–Crippen MR) is 66.6 cm³/mol. The Labute approximate surface area is 104 Å². The van der Waals surface area contributed by atoms with Crippen LogP contribution >= 0.6 is 15.9 Å². The molecule has 0 saturated carbocycles. The molecule has 0 heterocycles. The molecule has 0 aliphatic rings. The normalized spacial score (nSPS) is 11.4. The van der Waals surface area contributed by atoms with Gasteiger partial charge < -0.3 is 4.74 Å². The molecular weight excluding hydrogens is 296 g/mol. The number of benzene rings is 1. The minimum atomic E-state index is -3.52. The van der Waals surface area contributed by atoms with Crippen LogP contribution in [0.5, 0.6) is 0 Å². The zero-order valence-electron chi connectivity index (χ0n) is 8.73. The Morgan fingerprint density at radius 2 is 1.94 bits per heavy atom. The monoisotopic (exact) mass is 308 g/mol. The third-order valence-corrected chi connectivity index (χ3v) is 3.31. The summed E-state index contributed by atoms with van der Waals surface area (Å²) in [6.45, 7) is 0.573. The molecule has 0 aromatic heterocycles. The number of nitrogens with one attached hydrogen (secondary N) is 2. The number of halogens is 1. The molecule has 0 bridgehead atoms. The molecule has 0 aliphatic carbocycles. The summed E-state index contributed by atoms with van der Waals surface area (Å²) in [6.07, 6.45) is 0. The number of rotatable bonds is 6. The van der Waals surface area contributed by atoms with Crippen molar-refractivity contribution in [2.75, 3.05) is 25.0 Å². The standard InChI is InChI=1S/C9H13BrN2O3S/c1-15-7-6-11-16(13,14)12-9-4-2-8(10)3-5-9/h2-5,11-12H,6-7H2,1H3. The van der Waals surface area contributed by atoms with Crippen LogP contribution in [0.4, 0.5) is 5.69 Å². The fraction of sp³-hybridized carbons (Fsp3) is 0.333. The second-order valence-electron chi connectivity index (χ2n) is 3.00. The maximum Gasteiger partial charge on any atom is 0.299 e. The van der Waals surface area contributed by atoms with Gasteiger partial charge in [0.2, 0.25) is 0 Å². The SMILES string of the molecule is COCCNS(=O)(=O)Nc1ccc(Br)cc1. The Balaban J connectivity index is 2.55. The molecule has 1 aromatic rings. The maximum absolute atomic E-state index is 11.5. The van der Waals surface area contributed by atoms with Crippen molar-refractivity contribution in [3.8, 4) is 0 Å². The van der Waals surface area contributed by atoms with Gasteiger partial charge in [0, 0.05) is 23.8 Å². The minimum Gasteiger partial charge on any atom is -0.383 e. The van der Waals surface area contributed by atoms with E-state index in [0.717, 1.165) is 4.47 Å². The fourth-order valence-corrected chi connectivity index (χ4v) is 2.12. The van der Waals surface area contributed by atoms with Crippen LogP contribution in [-0.2, 0) is 14.9 Å².